The van der Waals surface area contributed by atoms with E-state index < -0.39 is 5.82 Å². The maximum atomic E-state index is 13.0. The molecule has 0 aromatic heterocycles. The van der Waals surface area contributed by atoms with E-state index in [-0.39, 0.29) is 22.9 Å². The van der Waals surface area contributed by atoms with Gasteiger partial charge in [-0.25, -0.2) is 4.39 Å². The lowest BCUT2D eigenvalue weighted by molar-refractivity contribution is -0.117. The largest absolute Gasteiger partial charge is 0.327 e. The van der Waals surface area contributed by atoms with Gasteiger partial charge in [0.05, 0.1) is 5.02 Å². The molecule has 1 fully saturated rings. The Morgan fingerprint density at radius 3 is 2.89 bits per heavy atom. The number of hydrogen-bond acceptors (Lipinski definition) is 2. The molecule has 0 aliphatic heterocycles. The molecule has 5 heteroatoms. The predicted molar refractivity (Wildman–Crippen MR) is 70.0 cm³/mol. The molecule has 3 nitrogen and oxygen atoms in total. The maximum absolute atomic E-state index is 13.0. The van der Waals surface area contributed by atoms with Crippen molar-refractivity contribution in [3.63, 3.8) is 0 Å². The number of hydrogen-bond donors (Lipinski definition) is 2. The number of halogens is 2. The van der Waals surface area contributed by atoms with Crippen molar-refractivity contribution in [2.75, 3.05) is 5.32 Å². The topological polar surface area (TPSA) is 55.1 Å². The molecule has 0 unspecified atom stereocenters. The van der Waals surface area contributed by atoms with Crippen molar-refractivity contribution in [3.05, 3.63) is 29.0 Å². The van der Waals surface area contributed by atoms with Crippen LogP contribution in [0.4, 0.5) is 10.1 Å². The molecule has 1 amide bonds. The number of nitrogens with two attached hydrogens (primary N) is 1. The fraction of sp³-hybridized carbons (Fsp3) is 0.462. The number of amides is 1. The first-order valence-electron chi connectivity index (χ1n) is 6.07. The number of carbonyl (C=O) groups excluding carboxylic acids is 1. The van der Waals surface area contributed by atoms with Gasteiger partial charge in [-0.2, -0.15) is 0 Å². The third-order valence-corrected chi connectivity index (χ3v) is 3.66. The fourth-order valence-electron chi connectivity index (χ4n) is 2.34. The van der Waals surface area contributed by atoms with Crippen LogP contribution in [0.5, 0.6) is 0 Å². The fourth-order valence-corrected chi connectivity index (χ4v) is 2.52. The van der Waals surface area contributed by atoms with Gasteiger partial charge < -0.3 is 11.1 Å². The Labute approximate surface area is 111 Å². The van der Waals surface area contributed by atoms with Gasteiger partial charge in [-0.05, 0) is 37.0 Å². The van der Waals surface area contributed by atoms with E-state index in [2.05, 4.69) is 5.32 Å². The van der Waals surface area contributed by atoms with E-state index in [9.17, 15) is 9.18 Å². The highest BCUT2D eigenvalue weighted by Gasteiger charge is 2.26. The summed E-state index contributed by atoms with van der Waals surface area (Å²) in [5.74, 6) is -0.339. The van der Waals surface area contributed by atoms with Crippen molar-refractivity contribution in [3.8, 4) is 0 Å². The second kappa shape index (κ2) is 5.67. The molecule has 0 spiro atoms. The average Bonchev–Trinajstić information content (AvgIpc) is 2.70. The molecule has 1 aromatic carbocycles. The summed E-state index contributed by atoms with van der Waals surface area (Å²) in [7, 11) is 0. The molecule has 98 valence electrons. The Kier molecular flexibility index (Phi) is 4.19. The van der Waals surface area contributed by atoms with Crippen molar-refractivity contribution in [1.82, 2.24) is 0 Å². The van der Waals surface area contributed by atoms with E-state index in [1.807, 2.05) is 0 Å². The lowest BCUT2D eigenvalue weighted by Crippen LogP contribution is -2.28. The van der Waals surface area contributed by atoms with Crippen molar-refractivity contribution in [2.45, 2.75) is 31.7 Å². The molecule has 1 saturated carbocycles. The first kappa shape index (κ1) is 13.3. The van der Waals surface area contributed by atoms with Crippen LogP contribution in [0.25, 0.3) is 0 Å². The molecule has 1 aliphatic rings. The lowest BCUT2D eigenvalue weighted by Gasteiger charge is -2.14. The van der Waals surface area contributed by atoms with Crippen molar-refractivity contribution >= 4 is 23.2 Å². The summed E-state index contributed by atoms with van der Waals surface area (Å²) in [6.07, 6.45) is 3.48. The maximum Gasteiger partial charge on any atom is 0.224 e. The smallest absolute Gasteiger partial charge is 0.224 e. The minimum Gasteiger partial charge on any atom is -0.327 e. The first-order chi connectivity index (χ1) is 8.56. The molecule has 0 radical (unpaired) electrons. The summed E-state index contributed by atoms with van der Waals surface area (Å²) < 4.78 is 13.0. The molecule has 2 rings (SSSR count). The Morgan fingerprint density at radius 2 is 2.28 bits per heavy atom. The zero-order valence-corrected chi connectivity index (χ0v) is 10.7. The Bertz CT molecular complexity index is 453. The molecule has 0 saturated heterocycles. The van der Waals surface area contributed by atoms with Crippen LogP contribution in [-0.4, -0.2) is 11.9 Å². The minimum atomic E-state index is -0.493. The number of carbonyl (C=O) groups is 1. The van der Waals surface area contributed by atoms with Gasteiger partial charge in [0.25, 0.3) is 0 Å². The normalized spacial score (nSPS) is 23.1. The van der Waals surface area contributed by atoms with Gasteiger partial charge in [0.15, 0.2) is 0 Å². The predicted octanol–water partition coefficient (Wildman–Crippen LogP) is 2.94. The lowest BCUT2D eigenvalue weighted by atomic mass is 10.00. The van der Waals surface area contributed by atoms with E-state index in [1.54, 1.807) is 0 Å². The quantitative estimate of drug-likeness (QED) is 0.887. The zero-order chi connectivity index (χ0) is 13.1. The number of nitrogens with one attached hydrogen (secondary N) is 1. The summed E-state index contributed by atoms with van der Waals surface area (Å²) in [4.78, 5) is 11.8. The highest BCUT2D eigenvalue weighted by atomic mass is 35.5. The molecule has 1 aromatic rings. The molecular weight excluding hydrogens is 255 g/mol. The Balaban J connectivity index is 1.92. The highest BCUT2D eigenvalue weighted by Crippen LogP contribution is 2.27. The summed E-state index contributed by atoms with van der Waals surface area (Å²) in [5, 5.41) is 2.72. The standard InChI is InChI=1S/C13H16ClFN2O/c14-10-7-9(4-5-11(10)15)17-13(18)6-8-2-1-3-12(8)16/h4-5,7-8,12H,1-3,6,16H2,(H,17,18)/t8-,12+/m0/s1. The molecule has 0 heterocycles. The van der Waals surface area contributed by atoms with Crippen LogP contribution in [0.3, 0.4) is 0 Å². The van der Waals surface area contributed by atoms with E-state index in [1.165, 1.54) is 18.2 Å². The zero-order valence-electron chi connectivity index (χ0n) is 9.96. The van der Waals surface area contributed by atoms with E-state index in [0.29, 0.717) is 12.1 Å². The van der Waals surface area contributed by atoms with E-state index in [4.69, 9.17) is 17.3 Å². The summed E-state index contributed by atoms with van der Waals surface area (Å²) >= 11 is 5.64. The molecule has 2 atom stereocenters. The van der Waals surface area contributed by atoms with Crippen molar-refractivity contribution < 1.29 is 9.18 Å². The van der Waals surface area contributed by atoms with Gasteiger partial charge in [0.1, 0.15) is 5.82 Å². The number of rotatable bonds is 3. The third-order valence-electron chi connectivity index (χ3n) is 3.37. The monoisotopic (exact) mass is 270 g/mol. The molecule has 3 N–H and O–H groups in total. The SMILES string of the molecule is N[C@@H]1CCC[C@H]1CC(=O)Nc1ccc(F)c(Cl)c1. The Morgan fingerprint density at radius 1 is 1.50 bits per heavy atom. The molecule has 18 heavy (non-hydrogen) atoms. The second-order valence-corrected chi connectivity index (χ2v) is 5.14. The average molecular weight is 271 g/mol. The van der Waals surface area contributed by atoms with Crippen LogP contribution in [0.1, 0.15) is 25.7 Å². The van der Waals surface area contributed by atoms with Gasteiger partial charge in [0.2, 0.25) is 5.91 Å². The first-order valence-corrected chi connectivity index (χ1v) is 6.44. The van der Waals surface area contributed by atoms with Gasteiger partial charge in [-0.1, -0.05) is 18.0 Å². The molecule has 1 aliphatic carbocycles. The van der Waals surface area contributed by atoms with Crippen molar-refractivity contribution in [1.29, 1.82) is 0 Å². The summed E-state index contributed by atoms with van der Waals surface area (Å²) in [6.45, 7) is 0. The summed E-state index contributed by atoms with van der Waals surface area (Å²) in [5.41, 5.74) is 6.43. The van der Waals surface area contributed by atoms with Crippen LogP contribution in [0, 0.1) is 11.7 Å². The number of benzene rings is 1. The van der Waals surface area contributed by atoms with Gasteiger partial charge in [-0.15, -0.1) is 0 Å². The van der Waals surface area contributed by atoms with E-state index in [0.717, 1.165) is 19.3 Å². The third kappa shape index (κ3) is 3.21. The van der Waals surface area contributed by atoms with Crippen LogP contribution in [-0.2, 0) is 4.79 Å². The van der Waals surface area contributed by atoms with E-state index >= 15 is 0 Å². The van der Waals surface area contributed by atoms with Crippen LogP contribution in [0.2, 0.25) is 5.02 Å². The molecular formula is C13H16ClFN2O. The van der Waals surface area contributed by atoms with Gasteiger partial charge in [-0.3, -0.25) is 4.79 Å². The van der Waals surface area contributed by atoms with Crippen LogP contribution >= 0.6 is 11.6 Å². The number of anilines is 1. The minimum absolute atomic E-state index is 0.00497. The molecule has 0 bridgehead atoms. The van der Waals surface area contributed by atoms with Crippen LogP contribution in [0.15, 0.2) is 18.2 Å². The van der Waals surface area contributed by atoms with Gasteiger partial charge >= 0.3 is 0 Å². The highest BCUT2D eigenvalue weighted by molar-refractivity contribution is 6.31. The van der Waals surface area contributed by atoms with Crippen LogP contribution < -0.4 is 11.1 Å². The summed E-state index contributed by atoms with van der Waals surface area (Å²) in [6, 6.07) is 4.25. The van der Waals surface area contributed by atoms with Crippen molar-refractivity contribution in [2.24, 2.45) is 11.7 Å². The second-order valence-electron chi connectivity index (χ2n) is 4.74. The Hall–Kier alpha value is -1.13. The van der Waals surface area contributed by atoms with Gasteiger partial charge in [0, 0.05) is 18.2 Å².